The highest BCUT2D eigenvalue weighted by molar-refractivity contribution is 7.18. The van der Waals surface area contributed by atoms with Crippen LogP contribution in [0.2, 0.25) is 0 Å². The van der Waals surface area contributed by atoms with Gasteiger partial charge in [0.2, 0.25) is 0 Å². The Bertz CT molecular complexity index is 593. The Hall–Kier alpha value is -1.46. The van der Waals surface area contributed by atoms with E-state index in [0.29, 0.717) is 12.3 Å². The van der Waals surface area contributed by atoms with Crippen molar-refractivity contribution in [3.8, 4) is 0 Å². The number of piperidine rings is 1. The average Bonchev–Trinajstić information content (AvgIpc) is 2.87. The average molecular weight is 304 g/mol. The molecule has 21 heavy (non-hydrogen) atoms. The van der Waals surface area contributed by atoms with Crippen molar-refractivity contribution >= 4 is 27.5 Å². The molecule has 1 atom stereocenters. The van der Waals surface area contributed by atoms with Gasteiger partial charge in [0.25, 0.3) is 0 Å². The van der Waals surface area contributed by atoms with Gasteiger partial charge in [0.05, 0.1) is 16.8 Å². The van der Waals surface area contributed by atoms with Crippen LogP contribution < -0.4 is 0 Å². The first-order chi connectivity index (χ1) is 10.2. The zero-order valence-corrected chi connectivity index (χ0v) is 12.8. The van der Waals surface area contributed by atoms with E-state index in [9.17, 15) is 4.79 Å². The summed E-state index contributed by atoms with van der Waals surface area (Å²) in [5.41, 5.74) is 1.08. The number of aliphatic carboxylic acids is 1. The van der Waals surface area contributed by atoms with Crippen LogP contribution in [-0.2, 0) is 11.3 Å². The van der Waals surface area contributed by atoms with E-state index in [-0.39, 0.29) is 0 Å². The van der Waals surface area contributed by atoms with Gasteiger partial charge in [0, 0.05) is 13.0 Å². The van der Waals surface area contributed by atoms with Gasteiger partial charge in [-0.25, -0.2) is 4.98 Å². The van der Waals surface area contributed by atoms with Crippen molar-refractivity contribution in [1.82, 2.24) is 9.88 Å². The van der Waals surface area contributed by atoms with Gasteiger partial charge in [-0.2, -0.15) is 0 Å². The van der Waals surface area contributed by atoms with E-state index in [4.69, 9.17) is 5.11 Å². The maximum Gasteiger partial charge on any atom is 0.303 e. The molecule has 5 heteroatoms. The monoisotopic (exact) mass is 304 g/mol. The number of carboxylic acids is 1. The van der Waals surface area contributed by atoms with Crippen LogP contribution in [0.3, 0.4) is 0 Å². The molecule has 4 nitrogen and oxygen atoms in total. The highest BCUT2D eigenvalue weighted by atomic mass is 32.1. The largest absolute Gasteiger partial charge is 0.481 e. The van der Waals surface area contributed by atoms with E-state index in [2.05, 4.69) is 22.0 Å². The Morgan fingerprint density at radius 2 is 2.29 bits per heavy atom. The number of benzene rings is 1. The van der Waals surface area contributed by atoms with Crippen molar-refractivity contribution in [3.63, 3.8) is 0 Å². The number of likely N-dealkylation sites (tertiary alicyclic amines) is 1. The molecule has 1 unspecified atom stereocenters. The number of para-hydroxylation sites is 1. The number of hydrogen-bond donors (Lipinski definition) is 1. The van der Waals surface area contributed by atoms with Crippen molar-refractivity contribution in [2.45, 2.75) is 32.2 Å². The fraction of sp³-hybridized carbons (Fsp3) is 0.500. The van der Waals surface area contributed by atoms with E-state index in [0.717, 1.165) is 49.4 Å². The molecule has 1 N–H and O–H groups in total. The number of nitrogens with zero attached hydrogens (tertiary/aromatic N) is 2. The molecule has 0 aliphatic carbocycles. The summed E-state index contributed by atoms with van der Waals surface area (Å²) in [7, 11) is 0. The summed E-state index contributed by atoms with van der Waals surface area (Å²) in [6.07, 6.45) is 3.41. The van der Waals surface area contributed by atoms with Crippen LogP contribution >= 0.6 is 11.3 Å². The van der Waals surface area contributed by atoms with Crippen molar-refractivity contribution in [2.24, 2.45) is 5.92 Å². The predicted octanol–water partition coefficient (Wildman–Crippen LogP) is 3.37. The van der Waals surface area contributed by atoms with Crippen LogP contribution in [0, 0.1) is 5.92 Å². The topological polar surface area (TPSA) is 53.4 Å². The number of thiazole rings is 1. The Labute approximate surface area is 128 Å². The van der Waals surface area contributed by atoms with Gasteiger partial charge in [0.1, 0.15) is 5.01 Å². The van der Waals surface area contributed by atoms with Gasteiger partial charge in [-0.05, 0) is 43.9 Å². The molecule has 1 aliphatic rings. The van der Waals surface area contributed by atoms with Crippen LogP contribution in [0.5, 0.6) is 0 Å². The molecule has 1 aliphatic heterocycles. The van der Waals surface area contributed by atoms with Crippen molar-refractivity contribution in [2.75, 3.05) is 13.1 Å². The number of aromatic nitrogens is 1. The molecule has 1 aromatic heterocycles. The molecule has 0 bridgehead atoms. The summed E-state index contributed by atoms with van der Waals surface area (Å²) in [6.45, 7) is 2.99. The van der Waals surface area contributed by atoms with Crippen molar-refractivity contribution in [1.29, 1.82) is 0 Å². The third-order valence-electron chi connectivity index (χ3n) is 4.07. The molecule has 1 fully saturated rings. The van der Waals surface area contributed by atoms with Crippen LogP contribution in [0.1, 0.15) is 30.7 Å². The standard InChI is InChI=1S/C16H20N2O2S/c19-16(20)8-7-12-4-3-9-18(10-12)11-15-17-13-5-1-2-6-14(13)21-15/h1-2,5-6,12H,3-4,7-11H2,(H,19,20). The van der Waals surface area contributed by atoms with Gasteiger partial charge in [-0.15, -0.1) is 11.3 Å². The van der Waals surface area contributed by atoms with Gasteiger partial charge >= 0.3 is 5.97 Å². The lowest BCUT2D eigenvalue weighted by atomic mass is 9.93. The molecule has 0 amide bonds. The van der Waals surface area contributed by atoms with Crippen LogP contribution in [-0.4, -0.2) is 34.0 Å². The lowest BCUT2D eigenvalue weighted by molar-refractivity contribution is -0.137. The Morgan fingerprint density at radius 1 is 1.43 bits per heavy atom. The molecule has 0 radical (unpaired) electrons. The minimum Gasteiger partial charge on any atom is -0.481 e. The van der Waals surface area contributed by atoms with Crippen molar-refractivity contribution in [3.05, 3.63) is 29.3 Å². The minimum atomic E-state index is -0.682. The third-order valence-corrected chi connectivity index (χ3v) is 5.09. The number of fused-ring (bicyclic) bond motifs is 1. The molecule has 0 saturated carbocycles. The normalized spacial score (nSPS) is 19.9. The van der Waals surface area contributed by atoms with Crippen LogP contribution in [0.25, 0.3) is 10.2 Å². The van der Waals surface area contributed by atoms with Crippen LogP contribution in [0.15, 0.2) is 24.3 Å². The number of carbonyl (C=O) groups is 1. The summed E-state index contributed by atoms with van der Waals surface area (Å²) in [4.78, 5) is 17.8. The highest BCUT2D eigenvalue weighted by Gasteiger charge is 2.21. The molecule has 2 heterocycles. The van der Waals surface area contributed by atoms with Crippen LogP contribution in [0.4, 0.5) is 0 Å². The molecular weight excluding hydrogens is 284 g/mol. The smallest absolute Gasteiger partial charge is 0.303 e. The lowest BCUT2D eigenvalue weighted by Crippen LogP contribution is -2.35. The maximum absolute atomic E-state index is 10.7. The zero-order valence-electron chi connectivity index (χ0n) is 12.0. The molecule has 1 saturated heterocycles. The molecule has 0 spiro atoms. The minimum absolute atomic E-state index is 0.291. The van der Waals surface area contributed by atoms with Gasteiger partial charge in [-0.3, -0.25) is 9.69 Å². The summed E-state index contributed by atoms with van der Waals surface area (Å²) in [5.74, 6) is -0.164. The fourth-order valence-electron chi connectivity index (χ4n) is 3.04. The maximum atomic E-state index is 10.7. The summed E-state index contributed by atoms with van der Waals surface area (Å²) in [5, 5.41) is 9.97. The number of rotatable bonds is 5. The third kappa shape index (κ3) is 3.80. The second kappa shape index (κ2) is 6.54. The predicted molar refractivity (Wildman–Crippen MR) is 84.5 cm³/mol. The molecule has 2 aromatic rings. The lowest BCUT2D eigenvalue weighted by Gasteiger charge is -2.31. The first kappa shape index (κ1) is 14.5. The van der Waals surface area contributed by atoms with Gasteiger partial charge in [0.15, 0.2) is 0 Å². The van der Waals surface area contributed by atoms with Crippen molar-refractivity contribution < 1.29 is 9.90 Å². The molecule has 112 valence electrons. The first-order valence-electron chi connectivity index (χ1n) is 7.49. The van der Waals surface area contributed by atoms with E-state index in [1.807, 2.05) is 12.1 Å². The van der Waals surface area contributed by atoms with Gasteiger partial charge < -0.3 is 5.11 Å². The Kier molecular flexibility index (Phi) is 4.51. The SMILES string of the molecule is O=C(O)CCC1CCCN(Cc2nc3ccccc3s2)C1. The fourth-order valence-corrected chi connectivity index (χ4v) is 4.05. The first-order valence-corrected chi connectivity index (χ1v) is 8.31. The summed E-state index contributed by atoms with van der Waals surface area (Å²) >= 11 is 1.76. The molecule has 1 aromatic carbocycles. The van der Waals surface area contributed by atoms with E-state index in [1.165, 1.54) is 4.70 Å². The second-order valence-electron chi connectivity index (χ2n) is 5.75. The summed E-state index contributed by atoms with van der Waals surface area (Å²) in [6, 6.07) is 8.24. The van der Waals surface area contributed by atoms with E-state index in [1.54, 1.807) is 11.3 Å². The zero-order chi connectivity index (χ0) is 14.7. The van der Waals surface area contributed by atoms with E-state index >= 15 is 0 Å². The Balaban J connectivity index is 1.60. The second-order valence-corrected chi connectivity index (χ2v) is 6.87. The summed E-state index contributed by atoms with van der Waals surface area (Å²) < 4.78 is 1.24. The van der Waals surface area contributed by atoms with Gasteiger partial charge in [-0.1, -0.05) is 12.1 Å². The highest BCUT2D eigenvalue weighted by Crippen LogP contribution is 2.26. The van der Waals surface area contributed by atoms with E-state index < -0.39 is 5.97 Å². The Morgan fingerprint density at radius 3 is 3.10 bits per heavy atom. The number of carboxylic acid groups (broad SMARTS) is 1. The number of hydrogen-bond acceptors (Lipinski definition) is 4. The quantitative estimate of drug-likeness (QED) is 0.920. The molecular formula is C16H20N2O2S. The molecule has 3 rings (SSSR count).